The standard InChI is InChI=1S/C34H18F6N4O5S2.C32H15F5N4.C32H17F3N4/c1-17-6-4-7-18(10-17)28-25(32(43-2)44-3)13-23-26(16-50(45)46)29-24(31(30(23)28)51(47,48)34(38,39)40)12-22(20(14-41)15-42)27(29)19-8-5-9-21(11-19)49-33(35,36)37;1-16-6-4-7-17(10-16)26-24(31(40-2)41-3)13-23-28(26)29(33)22-12-21(19(14-38)15-39)25(27(22)30(23)34)18-8-5-9-20(11-18)32(35,36)37;1-18-6-4-7-19(10-18)30-26-12-21-14-27(23(16-36)17-37)29(20-8-5-9-24(11-20)32(33,34)35)25(21)13-22(26)15-28(30)31(38-2)39-3/h4-11H,12-13,16H2,1H3,(H,45,46);4-11H,12-13H2,1H3;4-13H,14-15H2,1H3/p-1. The van der Waals surface area contributed by atoms with Crippen molar-refractivity contribution in [2.24, 2.45) is 0 Å². The molecular formula is C98H49F14N12O5S2-. The van der Waals surface area contributed by atoms with Gasteiger partial charge in [-0.15, -0.1) is 13.2 Å². The van der Waals surface area contributed by atoms with E-state index in [1.165, 1.54) is 30.3 Å². The Hall–Kier alpha value is -16.6. The molecule has 6 aliphatic rings. The smallest absolute Gasteiger partial charge is 0.573 e. The molecule has 0 saturated carbocycles. The number of ether oxygens (including phenoxy) is 1. The Balaban J connectivity index is 0.000000169. The van der Waals surface area contributed by atoms with E-state index >= 15 is 8.78 Å². The van der Waals surface area contributed by atoms with E-state index in [1.54, 1.807) is 74.5 Å². The second kappa shape index (κ2) is 35.7. The van der Waals surface area contributed by atoms with Gasteiger partial charge in [-0.2, -0.15) is 100 Å². The molecule has 0 amide bonds. The van der Waals surface area contributed by atoms with Gasteiger partial charge in [0, 0.05) is 58.2 Å². The summed E-state index contributed by atoms with van der Waals surface area (Å²) in [4.78, 5) is 18.5. The van der Waals surface area contributed by atoms with Crippen molar-refractivity contribution in [3.05, 3.63) is 437 Å². The summed E-state index contributed by atoms with van der Waals surface area (Å²) in [7, 11) is -6.41. The van der Waals surface area contributed by atoms with E-state index in [0.717, 1.165) is 93.2 Å². The molecule has 0 N–H and O–H groups in total. The minimum absolute atomic E-state index is 0.0261. The number of nitrogens with zero attached hydrogens (tertiary/aromatic N) is 12. The van der Waals surface area contributed by atoms with E-state index in [1.807, 2.05) is 55.5 Å². The Bertz CT molecular complexity index is 7960. The molecule has 17 nitrogen and oxygen atoms in total. The predicted octanol–water partition coefficient (Wildman–Crippen LogP) is 17.6. The number of allylic oxidation sites excluding steroid dienone is 9. The van der Waals surface area contributed by atoms with Gasteiger partial charge in [0.2, 0.25) is 0 Å². The SMILES string of the molecule is [C-]#[N+]C([N+]#[C-])=C1Cc2c(CS(=O)[O-])c3c(c(S(=O)(=O)C(F)(F)F)c2=C1c1cccc(C)c1)CC(=C(C#N)C#N)C=3c1cccc(OC(F)(F)F)c1.[C-]#[N+]C([N+]#[C-])=C1Cc2c(F)c3c(c(F)c2=C1c1cccc(C)c1)CC(=C(C#N)C#N)C=3c1cccc(C(F)(F)F)c1.[C-]#[N+]C([N+]#[C-])=C1Cc2cc3c(cc2=C1c1cccc(C)c1)CC(=C(C#N)C#N)C=3c1cccc(C(F)(F)F)c1. The average molecular weight is 1800 g/mol. The van der Waals surface area contributed by atoms with Gasteiger partial charge in [-0.3, -0.25) is 4.21 Å². The summed E-state index contributed by atoms with van der Waals surface area (Å²) in [6.45, 7) is 50.7. The van der Waals surface area contributed by atoms with Gasteiger partial charge in [0.1, 0.15) is 110 Å². The van der Waals surface area contributed by atoms with E-state index in [-0.39, 0.29) is 130 Å². The van der Waals surface area contributed by atoms with E-state index < -0.39 is 137 Å². The summed E-state index contributed by atoms with van der Waals surface area (Å²) in [5.41, 5.74) is -4.55. The third-order valence-electron chi connectivity index (χ3n) is 22.3. The molecule has 0 spiro atoms. The molecule has 0 aliphatic heterocycles. The van der Waals surface area contributed by atoms with E-state index in [0.29, 0.717) is 39.5 Å². The molecule has 9 aromatic carbocycles. The van der Waals surface area contributed by atoms with Crippen molar-refractivity contribution < 1.29 is 83.4 Å². The van der Waals surface area contributed by atoms with Crippen LogP contribution in [0.15, 0.2) is 230 Å². The third-order valence-corrected chi connectivity index (χ3v) is 24.4. The first kappa shape index (κ1) is 92.1. The van der Waals surface area contributed by atoms with E-state index in [4.69, 9.17) is 39.4 Å². The van der Waals surface area contributed by atoms with Crippen LogP contribution in [0, 0.1) is 140 Å². The molecule has 0 heterocycles. The number of benzene rings is 9. The molecule has 131 heavy (non-hydrogen) atoms. The molecule has 0 fully saturated rings. The summed E-state index contributed by atoms with van der Waals surface area (Å²) in [5.74, 6) is -4.65. The number of sulfone groups is 1. The maximum Gasteiger partial charge on any atom is 0.573 e. The highest BCUT2D eigenvalue weighted by molar-refractivity contribution is 7.92. The van der Waals surface area contributed by atoms with Crippen molar-refractivity contribution in [2.45, 2.75) is 94.2 Å². The van der Waals surface area contributed by atoms with Crippen molar-refractivity contribution >= 4 is 54.4 Å². The summed E-state index contributed by atoms with van der Waals surface area (Å²) in [6, 6.07) is 47.6. The lowest BCUT2D eigenvalue weighted by molar-refractivity contribution is -0.274. The Kier molecular flexibility index (Phi) is 25.1. The van der Waals surface area contributed by atoms with Crippen LogP contribution in [0.3, 0.4) is 0 Å². The lowest BCUT2D eigenvalue weighted by Gasteiger charge is -2.18. The molecule has 33 heteroatoms. The summed E-state index contributed by atoms with van der Waals surface area (Å²) >= 11 is -3.05. The summed E-state index contributed by atoms with van der Waals surface area (Å²) < 4.78 is 255. The molecule has 9 aromatic rings. The number of nitriles is 6. The Morgan fingerprint density at radius 3 is 1.10 bits per heavy atom. The number of rotatable bonds is 10. The summed E-state index contributed by atoms with van der Waals surface area (Å²) in [6.07, 6.45) is -16.2. The van der Waals surface area contributed by atoms with Gasteiger partial charge in [0.15, 0.2) is 0 Å². The zero-order valence-corrected chi connectivity index (χ0v) is 69.1. The van der Waals surface area contributed by atoms with Crippen LogP contribution in [0.25, 0.3) is 62.5 Å². The van der Waals surface area contributed by atoms with Crippen molar-refractivity contribution in [3.63, 3.8) is 0 Å². The molecule has 15 rings (SSSR count). The number of aryl methyl sites for hydroxylation is 3. The number of fused-ring (bicyclic) bond motifs is 6. The first-order valence-electron chi connectivity index (χ1n) is 38.1. The zero-order valence-electron chi connectivity index (χ0n) is 67.5. The topological polar surface area (TPSA) is 252 Å². The van der Waals surface area contributed by atoms with Crippen LogP contribution in [-0.2, 0) is 77.5 Å². The molecule has 1 unspecified atom stereocenters. The molecule has 6 aliphatic carbocycles. The fraction of sp³-hybridized carbons (Fsp3) is 0.143. The maximum atomic E-state index is 16.6. The second-order valence-corrected chi connectivity index (χ2v) is 32.6. The Morgan fingerprint density at radius 1 is 0.405 bits per heavy atom. The lowest BCUT2D eigenvalue weighted by Crippen LogP contribution is -2.36. The molecule has 1 atom stereocenters. The van der Waals surface area contributed by atoms with Crippen molar-refractivity contribution in [1.29, 1.82) is 31.6 Å². The van der Waals surface area contributed by atoms with E-state index in [9.17, 15) is 101 Å². The van der Waals surface area contributed by atoms with Crippen LogP contribution >= 0.6 is 0 Å². The predicted molar refractivity (Wildman–Crippen MR) is 445 cm³/mol. The highest BCUT2D eigenvalue weighted by Crippen LogP contribution is 2.46. The van der Waals surface area contributed by atoms with Gasteiger partial charge < -0.3 is 9.29 Å². The molecule has 0 bridgehead atoms. The maximum absolute atomic E-state index is 16.6. The highest BCUT2D eigenvalue weighted by atomic mass is 32.2. The van der Waals surface area contributed by atoms with Crippen molar-refractivity contribution in [3.8, 4) is 42.2 Å². The van der Waals surface area contributed by atoms with Crippen LogP contribution in [-0.4, -0.2) is 29.1 Å². The van der Waals surface area contributed by atoms with Gasteiger partial charge in [-0.1, -0.05) is 137 Å². The summed E-state index contributed by atoms with van der Waals surface area (Å²) in [5, 5.41) is 58.2. The monoisotopic (exact) mass is 1800 g/mol. The number of hydrogen-bond acceptors (Lipinski definition) is 11. The highest BCUT2D eigenvalue weighted by Gasteiger charge is 2.52. The van der Waals surface area contributed by atoms with Crippen molar-refractivity contribution in [1.82, 2.24) is 0 Å². The number of hydrogen-bond donors (Lipinski definition) is 0. The van der Waals surface area contributed by atoms with Gasteiger partial charge in [-0.05, 0) is 209 Å². The number of halogens is 14. The normalized spacial score (nSPS) is 14.0. The van der Waals surface area contributed by atoms with Gasteiger partial charge in [-0.25, -0.2) is 17.2 Å². The minimum atomic E-state index is -6.41. The largest absolute Gasteiger partial charge is 0.772 e. The molecular weight excluding hydrogens is 1760 g/mol. The Labute approximate surface area is 738 Å². The second-order valence-electron chi connectivity index (χ2n) is 29.9. The zero-order chi connectivity index (χ0) is 95.2. The van der Waals surface area contributed by atoms with Crippen LogP contribution in [0.2, 0.25) is 0 Å². The van der Waals surface area contributed by atoms with Crippen LogP contribution < -0.4 is 36.0 Å². The first-order valence-corrected chi connectivity index (χ1v) is 40.8. The van der Waals surface area contributed by atoms with Gasteiger partial charge in [0.25, 0.3) is 9.84 Å². The fourth-order valence-electron chi connectivity index (χ4n) is 17.2. The van der Waals surface area contributed by atoms with Crippen LogP contribution in [0.4, 0.5) is 61.5 Å². The third kappa shape index (κ3) is 17.0. The molecule has 0 radical (unpaired) electrons. The van der Waals surface area contributed by atoms with Gasteiger partial charge >= 0.3 is 41.7 Å². The van der Waals surface area contributed by atoms with Gasteiger partial charge in [0.05, 0.1) is 32.7 Å². The van der Waals surface area contributed by atoms with Crippen molar-refractivity contribution in [2.75, 3.05) is 0 Å². The average Bonchev–Trinajstić information content (AvgIpc) is 1.54. The van der Waals surface area contributed by atoms with E-state index in [2.05, 4.69) is 33.8 Å². The molecule has 0 saturated heterocycles. The lowest BCUT2D eigenvalue weighted by atomic mass is 9.94. The Morgan fingerprint density at radius 2 is 0.718 bits per heavy atom. The van der Waals surface area contributed by atoms with Crippen LogP contribution in [0.1, 0.15) is 100 Å². The molecule has 642 valence electrons. The van der Waals surface area contributed by atoms with Crippen LogP contribution in [0.5, 0.6) is 5.75 Å². The minimum Gasteiger partial charge on any atom is -0.772 e. The number of alkyl halides is 12. The first-order chi connectivity index (χ1) is 62.1. The fourth-order valence-corrected chi connectivity index (χ4v) is 19.0. The molecule has 0 aromatic heterocycles. The quantitative estimate of drug-likeness (QED) is 0.0538.